The molecule has 0 N–H and O–H groups in total. The van der Waals surface area contributed by atoms with E-state index in [1.165, 1.54) is 42.4 Å². The zero-order valence-electron chi connectivity index (χ0n) is 33.9. The lowest BCUT2D eigenvalue weighted by molar-refractivity contribution is 0.436. The van der Waals surface area contributed by atoms with Crippen LogP contribution in [0.3, 0.4) is 0 Å². The van der Waals surface area contributed by atoms with Gasteiger partial charge in [0, 0.05) is 48.0 Å². The van der Waals surface area contributed by atoms with E-state index in [9.17, 15) is 0 Å². The van der Waals surface area contributed by atoms with Gasteiger partial charge in [0.15, 0.2) is 17.5 Å². The maximum Gasteiger partial charge on any atom is 0.164 e. The van der Waals surface area contributed by atoms with Crippen LogP contribution in [0.25, 0.3) is 87.7 Å². The summed E-state index contributed by atoms with van der Waals surface area (Å²) in [7, 11) is 0. The molecule has 1 spiro atoms. The first kappa shape index (κ1) is 35.7. The van der Waals surface area contributed by atoms with Gasteiger partial charge in [-0.2, -0.15) is 0 Å². The van der Waals surface area contributed by atoms with E-state index in [1.807, 2.05) is 72.0 Å². The van der Waals surface area contributed by atoms with Gasteiger partial charge in [0.2, 0.25) is 0 Å². The second-order valence-corrected chi connectivity index (χ2v) is 17.4. The highest BCUT2D eigenvalue weighted by Gasteiger charge is 2.51. The molecule has 4 nitrogen and oxygen atoms in total. The first-order valence-corrected chi connectivity index (χ1v) is 22.1. The van der Waals surface area contributed by atoms with Gasteiger partial charge in [-0.25, -0.2) is 15.0 Å². The Morgan fingerprint density at radius 2 is 0.810 bits per heavy atom. The molecule has 5 heteroatoms. The highest BCUT2D eigenvalue weighted by molar-refractivity contribution is 7.25. The Morgan fingerprint density at radius 3 is 1.46 bits per heavy atom. The molecule has 0 atom stereocenters. The third kappa shape index (κ3) is 5.57. The summed E-state index contributed by atoms with van der Waals surface area (Å²) in [5.41, 5.74) is 14.2. The van der Waals surface area contributed by atoms with E-state index in [0.29, 0.717) is 17.5 Å². The van der Waals surface area contributed by atoms with E-state index in [4.69, 9.17) is 19.7 Å². The molecular formula is C58H35N3OS. The summed E-state index contributed by atoms with van der Waals surface area (Å²) >= 11 is 1.87. The Hall–Kier alpha value is -7.99. The third-order valence-electron chi connectivity index (χ3n) is 12.8. The van der Waals surface area contributed by atoms with Crippen LogP contribution in [-0.2, 0) is 5.41 Å². The minimum atomic E-state index is -0.579. The van der Waals surface area contributed by atoms with Gasteiger partial charge in [-0.15, -0.1) is 11.3 Å². The lowest BCUT2D eigenvalue weighted by atomic mass is 9.66. The standard InChI is InChI=1S/C58H35N3OS/c1-3-15-36(16-4-1)55-59-56(37-17-5-2-6-18-37)61-57(60-55)42-22-14-21-40(32-42)38-19-13-20-39(31-38)41-29-30-43-45-34-46-44-23-7-12-28-53(44)63-54(46)35-50(45)58(49(43)33-41)47-24-8-10-26-51(47)62-52-27-11-9-25-48(52)58/h1-35H. The summed E-state index contributed by atoms with van der Waals surface area (Å²) in [5, 5.41) is 2.60. The van der Waals surface area contributed by atoms with E-state index < -0.39 is 5.41 Å². The number of hydrogen-bond acceptors (Lipinski definition) is 5. The van der Waals surface area contributed by atoms with Crippen molar-refractivity contribution in [2.24, 2.45) is 0 Å². The molecule has 0 unspecified atom stereocenters. The van der Waals surface area contributed by atoms with Gasteiger partial charge in [0.25, 0.3) is 0 Å². The molecule has 11 aromatic rings. The van der Waals surface area contributed by atoms with Crippen molar-refractivity contribution < 1.29 is 4.74 Å². The van der Waals surface area contributed by atoms with Crippen LogP contribution in [0.15, 0.2) is 212 Å². The summed E-state index contributed by atoms with van der Waals surface area (Å²) in [4.78, 5) is 15.0. The molecule has 0 fully saturated rings. The fourth-order valence-corrected chi connectivity index (χ4v) is 11.1. The normalized spacial score (nSPS) is 13.0. The summed E-state index contributed by atoms with van der Waals surface area (Å²) in [6.45, 7) is 0. The molecule has 0 amide bonds. The van der Waals surface area contributed by atoms with Crippen molar-refractivity contribution in [3.63, 3.8) is 0 Å². The lowest BCUT2D eigenvalue weighted by Crippen LogP contribution is -2.32. The average molecular weight is 822 g/mol. The molecule has 13 rings (SSSR count). The molecule has 2 aliphatic rings. The van der Waals surface area contributed by atoms with Crippen molar-refractivity contribution in [2.45, 2.75) is 5.41 Å². The van der Waals surface area contributed by atoms with Crippen LogP contribution < -0.4 is 4.74 Å². The number of hydrogen-bond donors (Lipinski definition) is 0. The fourth-order valence-electron chi connectivity index (χ4n) is 9.95. The van der Waals surface area contributed by atoms with Gasteiger partial charge >= 0.3 is 0 Å². The number of ether oxygens (including phenoxy) is 1. The first-order valence-electron chi connectivity index (χ1n) is 21.2. The van der Waals surface area contributed by atoms with Crippen molar-refractivity contribution in [2.75, 3.05) is 0 Å². The molecule has 9 aromatic carbocycles. The number of para-hydroxylation sites is 2. The predicted molar refractivity (Wildman–Crippen MR) is 257 cm³/mol. The molecule has 63 heavy (non-hydrogen) atoms. The molecule has 2 aromatic heterocycles. The van der Waals surface area contributed by atoms with Crippen LogP contribution in [-0.4, -0.2) is 15.0 Å². The first-order chi connectivity index (χ1) is 31.2. The number of benzene rings is 9. The summed E-state index contributed by atoms with van der Waals surface area (Å²) in [6.07, 6.45) is 0. The number of nitrogens with zero attached hydrogens (tertiary/aromatic N) is 3. The molecule has 3 heterocycles. The molecule has 294 valence electrons. The van der Waals surface area contributed by atoms with Crippen LogP contribution in [0, 0.1) is 0 Å². The Bertz CT molecular complexity index is 3510. The lowest BCUT2D eigenvalue weighted by Gasteiger charge is -2.39. The van der Waals surface area contributed by atoms with E-state index >= 15 is 0 Å². The highest BCUT2D eigenvalue weighted by Crippen LogP contribution is 2.63. The minimum absolute atomic E-state index is 0.579. The zero-order valence-corrected chi connectivity index (χ0v) is 34.7. The molecule has 1 aliphatic carbocycles. The third-order valence-corrected chi connectivity index (χ3v) is 13.9. The van der Waals surface area contributed by atoms with Gasteiger partial charge in [0.05, 0.1) is 5.41 Å². The van der Waals surface area contributed by atoms with Gasteiger partial charge in [0.1, 0.15) is 11.5 Å². The van der Waals surface area contributed by atoms with Gasteiger partial charge in [-0.05, 0) is 93.0 Å². The van der Waals surface area contributed by atoms with Crippen LogP contribution in [0.2, 0.25) is 0 Å². The van der Waals surface area contributed by atoms with Crippen molar-refractivity contribution in [3.05, 3.63) is 235 Å². The number of thiophene rings is 1. The predicted octanol–water partition coefficient (Wildman–Crippen LogP) is 15.0. The summed E-state index contributed by atoms with van der Waals surface area (Å²) in [5.74, 6) is 3.71. The zero-order chi connectivity index (χ0) is 41.5. The SMILES string of the molecule is c1ccc(-c2nc(-c3ccccc3)nc(-c3cccc(-c4cccc(-c5ccc6c(c5)C5(c7ccccc7Oc7ccccc75)c5cc7sc8ccccc8c7cc5-6)c4)c3)n2)cc1. The maximum atomic E-state index is 6.70. The van der Waals surface area contributed by atoms with Gasteiger partial charge < -0.3 is 4.74 Å². The highest BCUT2D eigenvalue weighted by atomic mass is 32.1. The van der Waals surface area contributed by atoms with E-state index in [-0.39, 0.29) is 0 Å². The van der Waals surface area contributed by atoms with Gasteiger partial charge in [-0.3, -0.25) is 0 Å². The Balaban J connectivity index is 0.963. The molecule has 0 bridgehead atoms. The smallest absolute Gasteiger partial charge is 0.164 e. The molecule has 1 aliphatic heterocycles. The number of aromatic nitrogens is 3. The van der Waals surface area contributed by atoms with Crippen LogP contribution >= 0.6 is 11.3 Å². The molecule has 0 radical (unpaired) electrons. The topological polar surface area (TPSA) is 47.9 Å². The van der Waals surface area contributed by atoms with Crippen LogP contribution in [0.5, 0.6) is 11.5 Å². The quantitative estimate of drug-likeness (QED) is 0.173. The summed E-state index contributed by atoms with van der Waals surface area (Å²) < 4.78 is 9.30. The number of rotatable bonds is 5. The van der Waals surface area contributed by atoms with E-state index in [0.717, 1.165) is 61.6 Å². The van der Waals surface area contributed by atoms with Gasteiger partial charge in [-0.1, -0.05) is 164 Å². The second kappa shape index (κ2) is 14.0. The van der Waals surface area contributed by atoms with Crippen molar-refractivity contribution >= 4 is 31.5 Å². The van der Waals surface area contributed by atoms with Crippen molar-refractivity contribution in [1.29, 1.82) is 0 Å². The molecule has 0 saturated heterocycles. The monoisotopic (exact) mass is 821 g/mol. The van der Waals surface area contributed by atoms with Crippen LogP contribution in [0.4, 0.5) is 0 Å². The minimum Gasteiger partial charge on any atom is -0.457 e. The largest absolute Gasteiger partial charge is 0.457 e. The van der Waals surface area contributed by atoms with Crippen LogP contribution in [0.1, 0.15) is 22.3 Å². The van der Waals surface area contributed by atoms with E-state index in [1.54, 1.807) is 0 Å². The maximum absolute atomic E-state index is 6.70. The Labute approximate surface area is 368 Å². The Morgan fingerprint density at radius 1 is 0.317 bits per heavy atom. The fraction of sp³-hybridized carbons (Fsp3) is 0.0172. The average Bonchev–Trinajstić information content (AvgIpc) is 3.86. The Kier molecular flexibility index (Phi) is 7.96. The second-order valence-electron chi connectivity index (χ2n) is 16.3. The molecule has 0 saturated carbocycles. The van der Waals surface area contributed by atoms with Crippen molar-refractivity contribution in [1.82, 2.24) is 15.0 Å². The summed E-state index contributed by atoms with van der Waals surface area (Å²) in [6, 6.07) is 75.6. The van der Waals surface area contributed by atoms with E-state index in [2.05, 4.69) is 152 Å². The molecular weight excluding hydrogens is 787 g/mol. The van der Waals surface area contributed by atoms with Crippen molar-refractivity contribution in [3.8, 4) is 79.0 Å². The number of fused-ring (bicyclic) bond motifs is 12.